The van der Waals surface area contributed by atoms with Crippen LogP contribution in [0, 0.1) is 0 Å². The van der Waals surface area contributed by atoms with Crippen molar-refractivity contribution < 1.29 is 4.79 Å². The summed E-state index contributed by atoms with van der Waals surface area (Å²) >= 11 is 8.82. The standard InChI is InChI=1S/C21H24ClIN2O/c1-3-5-21(26)24-17-7-4-6-14(9-17)19-12-25(2)13-20-15(11-23)8-16(22)10-18(19)20/h4,6-10,19H,3,5,11-13H2,1-2H3,(H,24,26). The summed E-state index contributed by atoms with van der Waals surface area (Å²) in [6.07, 6.45) is 1.40. The van der Waals surface area contributed by atoms with E-state index in [1.807, 2.05) is 19.1 Å². The van der Waals surface area contributed by atoms with E-state index in [-0.39, 0.29) is 11.8 Å². The molecule has 0 aliphatic carbocycles. The van der Waals surface area contributed by atoms with Crippen LogP contribution in [0.2, 0.25) is 5.02 Å². The van der Waals surface area contributed by atoms with Crippen molar-refractivity contribution >= 4 is 45.8 Å². The first-order valence-electron chi connectivity index (χ1n) is 8.97. The number of rotatable bonds is 5. The van der Waals surface area contributed by atoms with E-state index < -0.39 is 0 Å². The number of carbonyl (C=O) groups is 1. The maximum Gasteiger partial charge on any atom is 0.224 e. The van der Waals surface area contributed by atoms with Crippen molar-refractivity contribution in [3.05, 3.63) is 63.7 Å². The van der Waals surface area contributed by atoms with Crippen molar-refractivity contribution in [3.8, 4) is 0 Å². The third-order valence-corrected chi connectivity index (χ3v) is 5.87. The Morgan fingerprint density at radius 3 is 2.88 bits per heavy atom. The maximum atomic E-state index is 11.9. The lowest BCUT2D eigenvalue weighted by Gasteiger charge is -2.34. The van der Waals surface area contributed by atoms with Crippen molar-refractivity contribution in [2.24, 2.45) is 0 Å². The van der Waals surface area contributed by atoms with Gasteiger partial charge in [0.2, 0.25) is 5.91 Å². The van der Waals surface area contributed by atoms with Gasteiger partial charge in [-0.1, -0.05) is 53.2 Å². The van der Waals surface area contributed by atoms with Crippen LogP contribution in [0.25, 0.3) is 0 Å². The van der Waals surface area contributed by atoms with E-state index in [1.165, 1.54) is 22.3 Å². The topological polar surface area (TPSA) is 32.3 Å². The highest BCUT2D eigenvalue weighted by atomic mass is 127. The van der Waals surface area contributed by atoms with Crippen molar-refractivity contribution in [3.63, 3.8) is 0 Å². The number of amides is 1. The van der Waals surface area contributed by atoms with Crippen LogP contribution in [0.15, 0.2) is 36.4 Å². The molecule has 0 saturated carbocycles. The second-order valence-electron chi connectivity index (χ2n) is 6.94. The first-order chi connectivity index (χ1) is 12.5. The van der Waals surface area contributed by atoms with Crippen LogP contribution >= 0.6 is 34.2 Å². The largest absolute Gasteiger partial charge is 0.326 e. The van der Waals surface area contributed by atoms with E-state index in [0.717, 1.165) is 34.6 Å². The summed E-state index contributed by atoms with van der Waals surface area (Å²) in [5.41, 5.74) is 6.11. The van der Waals surface area contributed by atoms with E-state index >= 15 is 0 Å². The molecule has 1 unspecified atom stereocenters. The van der Waals surface area contributed by atoms with E-state index in [2.05, 4.69) is 64.1 Å². The van der Waals surface area contributed by atoms with Crippen LogP contribution in [0.4, 0.5) is 5.69 Å². The maximum absolute atomic E-state index is 11.9. The Kier molecular flexibility index (Phi) is 6.59. The van der Waals surface area contributed by atoms with Crippen molar-refractivity contribution in [1.29, 1.82) is 0 Å². The summed E-state index contributed by atoms with van der Waals surface area (Å²) in [7, 11) is 2.16. The highest BCUT2D eigenvalue weighted by Gasteiger charge is 2.27. The average Bonchev–Trinajstić information content (AvgIpc) is 2.61. The average molecular weight is 483 g/mol. The molecule has 0 bridgehead atoms. The molecule has 1 atom stereocenters. The van der Waals surface area contributed by atoms with Gasteiger partial charge in [0.1, 0.15) is 0 Å². The van der Waals surface area contributed by atoms with Gasteiger partial charge in [0, 0.05) is 40.6 Å². The Labute approximate surface area is 174 Å². The SMILES string of the molecule is CCCC(=O)Nc1cccc(C2CN(C)Cc3c(CI)cc(Cl)cc32)c1. The minimum absolute atomic E-state index is 0.0704. The summed E-state index contributed by atoms with van der Waals surface area (Å²) in [4.78, 5) is 14.3. The number of anilines is 1. The zero-order chi connectivity index (χ0) is 18.7. The number of nitrogens with one attached hydrogen (secondary N) is 1. The zero-order valence-corrected chi connectivity index (χ0v) is 18.1. The fourth-order valence-corrected chi connectivity index (χ4v) is 4.58. The predicted octanol–water partition coefficient (Wildman–Crippen LogP) is 5.59. The molecule has 2 aromatic carbocycles. The van der Waals surface area contributed by atoms with E-state index in [0.29, 0.717) is 6.42 Å². The zero-order valence-electron chi connectivity index (χ0n) is 15.2. The molecular weight excluding hydrogens is 459 g/mol. The third kappa shape index (κ3) is 4.41. The molecule has 0 radical (unpaired) electrons. The van der Waals surface area contributed by atoms with Gasteiger partial charge in [0.15, 0.2) is 0 Å². The molecule has 0 aromatic heterocycles. The summed E-state index contributed by atoms with van der Waals surface area (Å²) in [6, 6.07) is 12.4. The lowest BCUT2D eigenvalue weighted by Crippen LogP contribution is -2.31. The first-order valence-corrected chi connectivity index (χ1v) is 10.9. The number of benzene rings is 2. The van der Waals surface area contributed by atoms with E-state index in [9.17, 15) is 4.79 Å². The Bertz CT molecular complexity index is 809. The Hall–Kier alpha value is -1.11. The van der Waals surface area contributed by atoms with Crippen molar-refractivity contribution in [2.75, 3.05) is 18.9 Å². The lowest BCUT2D eigenvalue weighted by atomic mass is 9.83. The number of hydrogen-bond acceptors (Lipinski definition) is 2. The second kappa shape index (κ2) is 8.72. The summed E-state index contributed by atoms with van der Waals surface area (Å²) in [5, 5.41) is 3.81. The minimum Gasteiger partial charge on any atom is -0.326 e. The first kappa shape index (κ1) is 19.6. The van der Waals surface area contributed by atoms with E-state index in [1.54, 1.807) is 0 Å². The number of nitrogens with zero attached hydrogens (tertiary/aromatic N) is 1. The molecule has 1 aliphatic rings. The van der Waals surface area contributed by atoms with Gasteiger partial charge >= 0.3 is 0 Å². The van der Waals surface area contributed by atoms with Crippen LogP contribution < -0.4 is 5.32 Å². The molecule has 3 nitrogen and oxygen atoms in total. The normalized spacial score (nSPS) is 17.0. The molecule has 3 rings (SSSR count). The predicted molar refractivity (Wildman–Crippen MR) is 117 cm³/mol. The lowest BCUT2D eigenvalue weighted by molar-refractivity contribution is -0.116. The highest BCUT2D eigenvalue weighted by Crippen LogP contribution is 2.38. The van der Waals surface area contributed by atoms with Gasteiger partial charge in [-0.05, 0) is 60.0 Å². The Balaban J connectivity index is 1.98. The monoisotopic (exact) mass is 482 g/mol. The van der Waals surface area contributed by atoms with Gasteiger partial charge in [-0.2, -0.15) is 0 Å². The molecule has 138 valence electrons. The van der Waals surface area contributed by atoms with Crippen LogP contribution in [0.5, 0.6) is 0 Å². The number of likely N-dealkylation sites (N-methyl/N-ethyl adjacent to an activating group) is 1. The quantitative estimate of drug-likeness (QED) is 0.445. The summed E-state index contributed by atoms with van der Waals surface area (Å²) in [6.45, 7) is 3.91. The fraction of sp³-hybridized carbons (Fsp3) is 0.381. The van der Waals surface area contributed by atoms with Crippen LogP contribution in [0.1, 0.15) is 47.9 Å². The van der Waals surface area contributed by atoms with Gasteiger partial charge < -0.3 is 10.2 Å². The van der Waals surface area contributed by atoms with E-state index in [4.69, 9.17) is 11.6 Å². The minimum atomic E-state index is 0.0704. The third-order valence-electron chi connectivity index (χ3n) is 4.83. The van der Waals surface area contributed by atoms with Crippen LogP contribution in [0.3, 0.4) is 0 Å². The van der Waals surface area contributed by atoms with Gasteiger partial charge in [0.05, 0.1) is 0 Å². The van der Waals surface area contributed by atoms with Crippen LogP contribution in [-0.2, 0) is 15.8 Å². The number of carbonyl (C=O) groups excluding carboxylic acids is 1. The van der Waals surface area contributed by atoms with Gasteiger partial charge in [-0.15, -0.1) is 0 Å². The Morgan fingerprint density at radius 2 is 2.15 bits per heavy atom. The number of alkyl halides is 1. The summed E-state index contributed by atoms with van der Waals surface area (Å²) in [5.74, 6) is 0.327. The molecule has 1 amide bonds. The molecule has 1 heterocycles. The molecule has 1 aliphatic heterocycles. The molecular formula is C21H24ClIN2O. The number of halogens is 2. The highest BCUT2D eigenvalue weighted by molar-refractivity contribution is 14.1. The van der Waals surface area contributed by atoms with Crippen molar-refractivity contribution in [1.82, 2.24) is 4.90 Å². The molecule has 0 spiro atoms. The second-order valence-corrected chi connectivity index (χ2v) is 8.14. The van der Waals surface area contributed by atoms with Gasteiger partial charge in [-0.25, -0.2) is 0 Å². The van der Waals surface area contributed by atoms with Crippen LogP contribution in [-0.4, -0.2) is 24.4 Å². The Morgan fingerprint density at radius 1 is 1.35 bits per heavy atom. The smallest absolute Gasteiger partial charge is 0.224 e. The van der Waals surface area contributed by atoms with Gasteiger partial charge in [0.25, 0.3) is 0 Å². The number of fused-ring (bicyclic) bond motifs is 1. The molecule has 1 N–H and O–H groups in total. The molecule has 0 saturated heterocycles. The molecule has 26 heavy (non-hydrogen) atoms. The van der Waals surface area contributed by atoms with Crippen molar-refractivity contribution in [2.45, 2.75) is 36.7 Å². The molecule has 0 fully saturated rings. The summed E-state index contributed by atoms with van der Waals surface area (Å²) < 4.78 is 0.953. The molecule has 2 aromatic rings. The molecule has 5 heteroatoms. The number of hydrogen-bond donors (Lipinski definition) is 1. The van der Waals surface area contributed by atoms with Gasteiger partial charge in [-0.3, -0.25) is 4.79 Å². The fourth-order valence-electron chi connectivity index (χ4n) is 3.65.